The zero-order chi connectivity index (χ0) is 14.5. The van der Waals surface area contributed by atoms with Gasteiger partial charge in [0.15, 0.2) is 0 Å². The number of benzene rings is 2. The smallest absolute Gasteiger partial charge is 0.00115 e. The average molecular weight is 279 g/mol. The van der Waals surface area contributed by atoms with Gasteiger partial charge >= 0.3 is 0 Å². The van der Waals surface area contributed by atoms with Crippen molar-refractivity contribution < 1.29 is 0 Å². The van der Waals surface area contributed by atoms with E-state index in [0.717, 1.165) is 19.5 Å². The van der Waals surface area contributed by atoms with Gasteiger partial charge in [-0.25, -0.2) is 0 Å². The first-order chi connectivity index (χ1) is 10.4. The van der Waals surface area contributed by atoms with Crippen molar-refractivity contribution in [2.45, 2.75) is 32.1 Å². The van der Waals surface area contributed by atoms with Crippen molar-refractivity contribution in [3.05, 3.63) is 71.3 Å². The van der Waals surface area contributed by atoms with Crippen molar-refractivity contribution in [2.24, 2.45) is 5.92 Å². The van der Waals surface area contributed by atoms with Crippen LogP contribution < -0.4 is 5.32 Å². The molecule has 0 saturated carbocycles. The number of rotatable bonds is 4. The molecule has 1 saturated heterocycles. The Balaban J connectivity index is 1.84. The SMILES string of the molecule is CCc1ccccc1C1CCNCC1Cc1ccccc1. The summed E-state index contributed by atoms with van der Waals surface area (Å²) in [5, 5.41) is 3.59. The van der Waals surface area contributed by atoms with Crippen LogP contribution in [0.4, 0.5) is 0 Å². The van der Waals surface area contributed by atoms with E-state index in [-0.39, 0.29) is 0 Å². The number of hydrogen-bond acceptors (Lipinski definition) is 1. The maximum absolute atomic E-state index is 3.59. The van der Waals surface area contributed by atoms with Gasteiger partial charge in [-0.3, -0.25) is 0 Å². The Morgan fingerprint density at radius 3 is 2.57 bits per heavy atom. The second-order valence-corrected chi connectivity index (χ2v) is 6.10. The van der Waals surface area contributed by atoms with E-state index in [1.165, 1.54) is 24.0 Å². The number of piperidine rings is 1. The normalized spacial score (nSPS) is 22.1. The molecule has 1 heteroatoms. The molecule has 1 heterocycles. The van der Waals surface area contributed by atoms with Gasteiger partial charge in [-0.1, -0.05) is 61.5 Å². The fraction of sp³-hybridized carbons (Fsp3) is 0.400. The maximum atomic E-state index is 3.59. The molecular formula is C20H25N. The van der Waals surface area contributed by atoms with Crippen LogP contribution >= 0.6 is 0 Å². The summed E-state index contributed by atoms with van der Waals surface area (Å²) in [6, 6.07) is 20.0. The Morgan fingerprint density at radius 1 is 1.00 bits per heavy atom. The van der Waals surface area contributed by atoms with Crippen molar-refractivity contribution in [2.75, 3.05) is 13.1 Å². The minimum Gasteiger partial charge on any atom is -0.316 e. The molecule has 2 atom stereocenters. The lowest BCUT2D eigenvalue weighted by molar-refractivity contribution is 0.323. The Hall–Kier alpha value is -1.60. The van der Waals surface area contributed by atoms with E-state index in [4.69, 9.17) is 0 Å². The third-order valence-corrected chi connectivity index (χ3v) is 4.78. The van der Waals surface area contributed by atoms with E-state index in [1.54, 1.807) is 5.56 Å². The largest absolute Gasteiger partial charge is 0.316 e. The highest BCUT2D eigenvalue weighted by Crippen LogP contribution is 2.34. The van der Waals surface area contributed by atoms with Gasteiger partial charge in [-0.15, -0.1) is 0 Å². The molecule has 0 amide bonds. The number of aryl methyl sites for hydroxylation is 1. The van der Waals surface area contributed by atoms with Gasteiger partial charge < -0.3 is 5.32 Å². The molecule has 1 aliphatic rings. The predicted molar refractivity (Wildman–Crippen MR) is 89.7 cm³/mol. The van der Waals surface area contributed by atoms with Gasteiger partial charge in [0.1, 0.15) is 0 Å². The average Bonchev–Trinajstić information content (AvgIpc) is 2.56. The lowest BCUT2D eigenvalue weighted by Gasteiger charge is -2.34. The van der Waals surface area contributed by atoms with Crippen molar-refractivity contribution in [3.63, 3.8) is 0 Å². The third kappa shape index (κ3) is 3.36. The van der Waals surface area contributed by atoms with Gasteiger partial charge in [0.2, 0.25) is 0 Å². The Bertz CT molecular complexity index is 561. The van der Waals surface area contributed by atoms with Gasteiger partial charge in [-0.2, -0.15) is 0 Å². The maximum Gasteiger partial charge on any atom is -0.00115 e. The zero-order valence-electron chi connectivity index (χ0n) is 12.9. The van der Waals surface area contributed by atoms with Gasteiger partial charge in [0.05, 0.1) is 0 Å². The van der Waals surface area contributed by atoms with Crippen LogP contribution in [0.1, 0.15) is 36.0 Å². The van der Waals surface area contributed by atoms with E-state index >= 15 is 0 Å². The highest BCUT2D eigenvalue weighted by molar-refractivity contribution is 5.32. The quantitative estimate of drug-likeness (QED) is 0.885. The molecule has 0 radical (unpaired) electrons. The summed E-state index contributed by atoms with van der Waals surface area (Å²) in [5.41, 5.74) is 4.58. The summed E-state index contributed by atoms with van der Waals surface area (Å²) >= 11 is 0. The van der Waals surface area contributed by atoms with E-state index in [1.807, 2.05) is 0 Å². The summed E-state index contributed by atoms with van der Waals surface area (Å²) in [5.74, 6) is 1.40. The molecule has 2 aromatic rings. The first kappa shape index (κ1) is 14.3. The van der Waals surface area contributed by atoms with E-state index in [2.05, 4.69) is 66.8 Å². The standard InChI is InChI=1S/C20H25N/c1-2-17-10-6-7-11-19(17)20-12-13-21-15-18(20)14-16-8-4-3-5-9-16/h3-11,18,20-21H,2,12-15H2,1H3. The van der Waals surface area contributed by atoms with Gasteiger partial charge in [-0.05, 0) is 60.9 Å². The molecule has 2 unspecified atom stereocenters. The van der Waals surface area contributed by atoms with Crippen LogP contribution in [0.15, 0.2) is 54.6 Å². The number of hydrogen-bond donors (Lipinski definition) is 1. The molecule has 1 nitrogen and oxygen atoms in total. The molecule has 110 valence electrons. The first-order valence-corrected chi connectivity index (χ1v) is 8.21. The monoisotopic (exact) mass is 279 g/mol. The minimum atomic E-state index is 0.697. The molecule has 0 bridgehead atoms. The van der Waals surface area contributed by atoms with Crippen molar-refractivity contribution in [3.8, 4) is 0 Å². The molecule has 1 aliphatic heterocycles. The highest BCUT2D eigenvalue weighted by atomic mass is 14.9. The molecule has 0 aromatic heterocycles. The molecule has 21 heavy (non-hydrogen) atoms. The zero-order valence-corrected chi connectivity index (χ0v) is 12.9. The Kier molecular flexibility index (Phi) is 4.72. The topological polar surface area (TPSA) is 12.0 Å². The molecule has 0 spiro atoms. The van der Waals surface area contributed by atoms with Crippen LogP contribution in [-0.2, 0) is 12.8 Å². The van der Waals surface area contributed by atoms with Crippen LogP contribution in [0.5, 0.6) is 0 Å². The van der Waals surface area contributed by atoms with E-state index in [0.29, 0.717) is 11.8 Å². The first-order valence-electron chi connectivity index (χ1n) is 8.21. The summed E-state index contributed by atoms with van der Waals surface area (Å²) in [6.45, 7) is 4.55. The van der Waals surface area contributed by atoms with Gasteiger partial charge in [0.25, 0.3) is 0 Å². The predicted octanol–water partition coefficient (Wildman–Crippen LogP) is 4.18. The summed E-state index contributed by atoms with van der Waals surface area (Å²) in [6.07, 6.45) is 3.57. The Morgan fingerprint density at radius 2 is 1.76 bits per heavy atom. The van der Waals surface area contributed by atoms with Crippen LogP contribution in [0.3, 0.4) is 0 Å². The second kappa shape index (κ2) is 6.91. The van der Waals surface area contributed by atoms with Crippen molar-refractivity contribution in [1.29, 1.82) is 0 Å². The summed E-state index contributed by atoms with van der Waals surface area (Å²) in [4.78, 5) is 0. The Labute approximate surface area is 128 Å². The lowest BCUT2D eigenvalue weighted by atomic mass is 9.76. The molecule has 0 aliphatic carbocycles. The van der Waals surface area contributed by atoms with Crippen LogP contribution in [-0.4, -0.2) is 13.1 Å². The fourth-order valence-electron chi connectivity index (χ4n) is 3.68. The molecule has 3 rings (SSSR count). The van der Waals surface area contributed by atoms with Crippen LogP contribution in [0.25, 0.3) is 0 Å². The molecule has 1 N–H and O–H groups in total. The third-order valence-electron chi connectivity index (χ3n) is 4.78. The molecular weight excluding hydrogens is 254 g/mol. The van der Waals surface area contributed by atoms with E-state index < -0.39 is 0 Å². The molecule has 1 fully saturated rings. The second-order valence-electron chi connectivity index (χ2n) is 6.10. The summed E-state index contributed by atoms with van der Waals surface area (Å²) in [7, 11) is 0. The summed E-state index contributed by atoms with van der Waals surface area (Å²) < 4.78 is 0. The highest BCUT2D eigenvalue weighted by Gasteiger charge is 2.27. The van der Waals surface area contributed by atoms with Crippen molar-refractivity contribution in [1.82, 2.24) is 5.32 Å². The van der Waals surface area contributed by atoms with Crippen LogP contribution in [0.2, 0.25) is 0 Å². The lowest BCUT2D eigenvalue weighted by Crippen LogP contribution is -2.36. The molecule has 2 aromatic carbocycles. The number of nitrogens with one attached hydrogen (secondary N) is 1. The van der Waals surface area contributed by atoms with E-state index in [9.17, 15) is 0 Å². The fourth-order valence-corrected chi connectivity index (χ4v) is 3.68. The van der Waals surface area contributed by atoms with Crippen LogP contribution in [0, 0.1) is 5.92 Å². The van der Waals surface area contributed by atoms with Gasteiger partial charge in [0, 0.05) is 0 Å². The minimum absolute atomic E-state index is 0.697. The van der Waals surface area contributed by atoms with Crippen molar-refractivity contribution >= 4 is 0 Å².